The fraction of sp³-hybridized carbons (Fsp3) is 0.200. The summed E-state index contributed by atoms with van der Waals surface area (Å²) in [5.74, 6) is 0.586. The fourth-order valence-corrected chi connectivity index (χ4v) is 1.64. The van der Waals surface area contributed by atoms with Crippen LogP contribution in [-0.4, -0.2) is 24.5 Å². The van der Waals surface area contributed by atoms with Gasteiger partial charge in [0.1, 0.15) is 5.75 Å². The molecule has 0 N–H and O–H groups in total. The zero-order valence-corrected chi connectivity index (χ0v) is 11.0. The smallest absolute Gasteiger partial charge is 0.264 e. The lowest BCUT2D eigenvalue weighted by Gasteiger charge is -2.17. The third-order valence-electron chi connectivity index (χ3n) is 2.76. The van der Waals surface area contributed by atoms with E-state index in [1.165, 1.54) is 4.90 Å². The number of pyridine rings is 1. The van der Waals surface area contributed by atoms with Crippen LogP contribution in [0.15, 0.2) is 48.8 Å². The molecule has 0 unspecified atom stereocenters. The van der Waals surface area contributed by atoms with E-state index in [0.29, 0.717) is 5.75 Å². The third kappa shape index (κ3) is 3.55. The molecule has 0 fully saturated rings. The Hall–Kier alpha value is -2.36. The summed E-state index contributed by atoms with van der Waals surface area (Å²) >= 11 is 0. The standard InChI is InChI=1S/C15H16N2O2/c1-12-5-3-7-14(9-12)19-11-15(18)17(2)13-6-4-8-16-10-13/h3-10H,11H2,1-2H3. The van der Waals surface area contributed by atoms with Crippen LogP contribution in [-0.2, 0) is 4.79 Å². The Morgan fingerprint density at radius 2 is 2.16 bits per heavy atom. The van der Waals surface area contributed by atoms with Gasteiger partial charge >= 0.3 is 0 Å². The van der Waals surface area contributed by atoms with Gasteiger partial charge in [-0.05, 0) is 36.8 Å². The molecule has 1 aromatic heterocycles. The first-order chi connectivity index (χ1) is 9.16. The zero-order valence-electron chi connectivity index (χ0n) is 11.0. The van der Waals surface area contributed by atoms with Gasteiger partial charge in [-0.3, -0.25) is 9.78 Å². The largest absolute Gasteiger partial charge is 0.484 e. The van der Waals surface area contributed by atoms with Crippen molar-refractivity contribution in [2.45, 2.75) is 6.92 Å². The Balaban J connectivity index is 1.95. The van der Waals surface area contributed by atoms with Crippen molar-refractivity contribution in [2.75, 3.05) is 18.6 Å². The number of carbonyl (C=O) groups excluding carboxylic acids is 1. The van der Waals surface area contributed by atoms with E-state index in [9.17, 15) is 4.79 Å². The van der Waals surface area contributed by atoms with E-state index in [-0.39, 0.29) is 12.5 Å². The maximum atomic E-state index is 12.0. The number of anilines is 1. The second kappa shape index (κ2) is 6.00. The number of nitrogens with zero attached hydrogens (tertiary/aromatic N) is 2. The average molecular weight is 256 g/mol. The highest BCUT2D eigenvalue weighted by molar-refractivity contribution is 5.93. The number of likely N-dealkylation sites (N-methyl/N-ethyl adjacent to an activating group) is 1. The summed E-state index contributed by atoms with van der Waals surface area (Å²) in [6.45, 7) is 1.99. The molecule has 0 radical (unpaired) electrons. The molecule has 0 atom stereocenters. The van der Waals surface area contributed by atoms with Crippen molar-refractivity contribution < 1.29 is 9.53 Å². The summed E-state index contributed by atoms with van der Waals surface area (Å²) in [5, 5.41) is 0. The van der Waals surface area contributed by atoms with Crippen molar-refractivity contribution in [3.63, 3.8) is 0 Å². The Labute approximate surface area is 112 Å². The first kappa shape index (κ1) is 13.1. The van der Waals surface area contributed by atoms with Gasteiger partial charge in [0.2, 0.25) is 0 Å². The molecule has 0 saturated heterocycles. The highest BCUT2D eigenvalue weighted by Crippen LogP contribution is 2.13. The van der Waals surface area contributed by atoms with Crippen LogP contribution in [0.1, 0.15) is 5.56 Å². The summed E-state index contributed by atoms with van der Waals surface area (Å²) in [6, 6.07) is 11.2. The lowest BCUT2D eigenvalue weighted by Crippen LogP contribution is -2.31. The first-order valence-electron chi connectivity index (χ1n) is 6.03. The van der Waals surface area contributed by atoms with Gasteiger partial charge in [0.05, 0.1) is 11.9 Å². The topological polar surface area (TPSA) is 42.4 Å². The van der Waals surface area contributed by atoms with E-state index in [1.54, 1.807) is 25.5 Å². The van der Waals surface area contributed by atoms with Crippen LogP contribution in [0.5, 0.6) is 5.75 Å². The molecule has 2 aromatic rings. The summed E-state index contributed by atoms with van der Waals surface area (Å²) in [5.41, 5.74) is 1.85. The number of aromatic nitrogens is 1. The number of amides is 1. The van der Waals surface area contributed by atoms with Gasteiger partial charge in [-0.25, -0.2) is 0 Å². The molecule has 19 heavy (non-hydrogen) atoms. The predicted octanol–water partition coefficient (Wildman–Crippen LogP) is 2.43. The molecular weight excluding hydrogens is 240 g/mol. The van der Waals surface area contributed by atoms with E-state index in [4.69, 9.17) is 4.74 Å². The summed E-state index contributed by atoms with van der Waals surface area (Å²) in [6.07, 6.45) is 3.32. The zero-order chi connectivity index (χ0) is 13.7. The maximum absolute atomic E-state index is 12.0. The molecule has 0 bridgehead atoms. The minimum Gasteiger partial charge on any atom is -0.484 e. The molecule has 0 aliphatic rings. The van der Waals surface area contributed by atoms with Gasteiger partial charge in [-0.1, -0.05) is 12.1 Å². The number of aryl methyl sites for hydroxylation is 1. The molecule has 0 aliphatic heterocycles. The van der Waals surface area contributed by atoms with Crippen LogP contribution in [0, 0.1) is 6.92 Å². The van der Waals surface area contributed by atoms with Crippen LogP contribution in [0.3, 0.4) is 0 Å². The molecule has 2 rings (SSSR count). The van der Waals surface area contributed by atoms with E-state index in [1.807, 2.05) is 37.3 Å². The molecule has 1 amide bonds. The number of ether oxygens (including phenoxy) is 1. The molecule has 0 aliphatic carbocycles. The van der Waals surface area contributed by atoms with Gasteiger partial charge in [0.25, 0.3) is 5.91 Å². The van der Waals surface area contributed by atoms with Crippen molar-refractivity contribution in [1.29, 1.82) is 0 Å². The van der Waals surface area contributed by atoms with E-state index < -0.39 is 0 Å². The fourth-order valence-electron chi connectivity index (χ4n) is 1.64. The van der Waals surface area contributed by atoms with Gasteiger partial charge in [0, 0.05) is 13.2 Å². The van der Waals surface area contributed by atoms with Gasteiger partial charge in [-0.15, -0.1) is 0 Å². The van der Waals surface area contributed by atoms with Crippen LogP contribution in [0.25, 0.3) is 0 Å². The van der Waals surface area contributed by atoms with E-state index in [0.717, 1.165) is 11.3 Å². The molecule has 4 heteroatoms. The Kier molecular flexibility index (Phi) is 4.13. The summed E-state index contributed by atoms with van der Waals surface area (Å²) in [4.78, 5) is 17.5. The van der Waals surface area contributed by atoms with Crippen LogP contribution in [0.2, 0.25) is 0 Å². The number of hydrogen-bond donors (Lipinski definition) is 0. The third-order valence-corrected chi connectivity index (χ3v) is 2.76. The first-order valence-corrected chi connectivity index (χ1v) is 6.03. The maximum Gasteiger partial charge on any atom is 0.264 e. The molecule has 0 saturated carbocycles. The number of rotatable bonds is 4. The lowest BCUT2D eigenvalue weighted by molar-refractivity contribution is -0.120. The highest BCUT2D eigenvalue weighted by Gasteiger charge is 2.11. The molecule has 1 heterocycles. The lowest BCUT2D eigenvalue weighted by atomic mass is 10.2. The predicted molar refractivity (Wildman–Crippen MR) is 74.3 cm³/mol. The SMILES string of the molecule is Cc1cccc(OCC(=O)N(C)c2cccnc2)c1. The van der Waals surface area contributed by atoms with Crippen molar-refractivity contribution in [3.05, 3.63) is 54.4 Å². The molecule has 1 aromatic carbocycles. The van der Waals surface area contributed by atoms with E-state index >= 15 is 0 Å². The summed E-state index contributed by atoms with van der Waals surface area (Å²) in [7, 11) is 1.71. The molecule has 4 nitrogen and oxygen atoms in total. The second-order valence-corrected chi connectivity index (χ2v) is 4.27. The molecule has 0 spiro atoms. The Morgan fingerprint density at radius 1 is 1.32 bits per heavy atom. The molecular formula is C15H16N2O2. The Morgan fingerprint density at radius 3 is 2.84 bits per heavy atom. The minimum absolute atomic E-state index is 0.00878. The van der Waals surface area contributed by atoms with Crippen molar-refractivity contribution in [1.82, 2.24) is 4.98 Å². The van der Waals surface area contributed by atoms with Crippen molar-refractivity contribution in [3.8, 4) is 5.75 Å². The normalized spacial score (nSPS) is 10.0. The summed E-state index contributed by atoms with van der Waals surface area (Å²) < 4.78 is 5.48. The van der Waals surface area contributed by atoms with Crippen molar-refractivity contribution >= 4 is 11.6 Å². The van der Waals surface area contributed by atoms with Gasteiger partial charge < -0.3 is 9.64 Å². The minimum atomic E-state index is -0.116. The number of hydrogen-bond acceptors (Lipinski definition) is 3. The highest BCUT2D eigenvalue weighted by atomic mass is 16.5. The van der Waals surface area contributed by atoms with Crippen LogP contribution < -0.4 is 9.64 Å². The van der Waals surface area contributed by atoms with Crippen LogP contribution in [0.4, 0.5) is 5.69 Å². The van der Waals surface area contributed by atoms with Gasteiger partial charge in [-0.2, -0.15) is 0 Å². The number of carbonyl (C=O) groups is 1. The monoisotopic (exact) mass is 256 g/mol. The number of benzene rings is 1. The van der Waals surface area contributed by atoms with Gasteiger partial charge in [0.15, 0.2) is 6.61 Å². The Bertz CT molecular complexity index is 555. The second-order valence-electron chi connectivity index (χ2n) is 4.27. The average Bonchev–Trinajstić information content (AvgIpc) is 2.45. The van der Waals surface area contributed by atoms with Crippen LogP contribution >= 0.6 is 0 Å². The van der Waals surface area contributed by atoms with E-state index in [2.05, 4.69) is 4.98 Å². The van der Waals surface area contributed by atoms with Crippen molar-refractivity contribution in [2.24, 2.45) is 0 Å². The quantitative estimate of drug-likeness (QED) is 0.843. The molecule has 98 valence electrons.